The Balaban J connectivity index is 0.00000400. The molecule has 0 aliphatic carbocycles. The van der Waals surface area contributed by atoms with Gasteiger partial charge in [0.25, 0.3) is 0 Å². The van der Waals surface area contributed by atoms with E-state index >= 15 is 0 Å². The fourth-order valence-corrected chi connectivity index (χ4v) is 3.47. The predicted molar refractivity (Wildman–Crippen MR) is 90.7 cm³/mol. The van der Waals surface area contributed by atoms with Gasteiger partial charge in [-0.2, -0.15) is 0 Å². The average molecular weight is 355 g/mol. The summed E-state index contributed by atoms with van der Waals surface area (Å²) in [6.07, 6.45) is 0.639. The fourth-order valence-electron chi connectivity index (χ4n) is 1.85. The molecule has 1 rings (SSSR count). The van der Waals surface area contributed by atoms with E-state index in [0.29, 0.717) is 34.4 Å². The van der Waals surface area contributed by atoms with Crippen LogP contribution in [0.1, 0.15) is 25.8 Å². The number of sulfonamides is 1. The van der Waals surface area contributed by atoms with Crippen LogP contribution >= 0.6 is 24.0 Å². The maximum Gasteiger partial charge on any atom is 0.243 e. The van der Waals surface area contributed by atoms with Gasteiger partial charge in [0.15, 0.2) is 0 Å². The molecule has 122 valence electrons. The summed E-state index contributed by atoms with van der Waals surface area (Å²) in [4.78, 5) is 0.294. The largest absolute Gasteiger partial charge is 0.327 e. The molecule has 0 saturated heterocycles. The topological polar surface area (TPSA) is 63.4 Å². The zero-order valence-electron chi connectivity index (χ0n) is 12.8. The van der Waals surface area contributed by atoms with E-state index < -0.39 is 10.0 Å². The van der Waals surface area contributed by atoms with Gasteiger partial charge in [-0.1, -0.05) is 25.4 Å². The summed E-state index contributed by atoms with van der Waals surface area (Å²) in [6.45, 7) is 6.21. The summed E-state index contributed by atoms with van der Waals surface area (Å²) in [5.41, 5.74) is 6.61. The van der Waals surface area contributed by atoms with Crippen LogP contribution in [-0.4, -0.2) is 32.4 Å². The minimum Gasteiger partial charge on any atom is -0.327 e. The third-order valence-corrected chi connectivity index (χ3v) is 5.71. The normalized spacial score (nSPS) is 13.3. The summed E-state index contributed by atoms with van der Waals surface area (Å²) in [5.74, 6) is 0.336. The van der Waals surface area contributed by atoms with E-state index in [0.717, 1.165) is 0 Å². The average Bonchev–Trinajstić information content (AvgIpc) is 2.34. The number of nitrogens with two attached hydrogens (primary N) is 1. The van der Waals surface area contributed by atoms with Crippen molar-refractivity contribution in [3.63, 3.8) is 0 Å². The highest BCUT2D eigenvalue weighted by molar-refractivity contribution is 7.89. The Bertz CT molecular complexity index is 562. The second-order valence-corrected chi connectivity index (χ2v) is 7.88. The van der Waals surface area contributed by atoms with Crippen molar-refractivity contribution >= 4 is 34.0 Å². The second kappa shape index (κ2) is 8.34. The Labute approximate surface area is 139 Å². The highest BCUT2D eigenvalue weighted by atomic mass is 35.5. The SMILES string of the molecule is Cc1cc(Cl)ccc1S(=O)(=O)N(C)CCC(N)C(C)C.Cl. The molecule has 0 aromatic heterocycles. The molecule has 1 aromatic rings. The molecule has 2 N–H and O–H groups in total. The van der Waals surface area contributed by atoms with Crippen molar-refractivity contribution in [2.24, 2.45) is 11.7 Å². The van der Waals surface area contributed by atoms with Crippen LogP contribution < -0.4 is 5.73 Å². The van der Waals surface area contributed by atoms with E-state index in [1.54, 1.807) is 32.2 Å². The predicted octanol–water partition coefficient (Wildman–Crippen LogP) is 3.06. The van der Waals surface area contributed by atoms with Crippen LogP contribution in [0.25, 0.3) is 0 Å². The Morgan fingerprint density at radius 2 is 1.90 bits per heavy atom. The molecule has 1 aromatic carbocycles. The van der Waals surface area contributed by atoms with Crippen LogP contribution in [0.4, 0.5) is 0 Å². The molecule has 0 aliphatic heterocycles. The molecule has 1 atom stereocenters. The van der Waals surface area contributed by atoms with Gasteiger partial charge in [-0.15, -0.1) is 12.4 Å². The lowest BCUT2D eigenvalue weighted by atomic mass is 10.0. The number of hydrogen-bond acceptors (Lipinski definition) is 3. The van der Waals surface area contributed by atoms with Gasteiger partial charge in [-0.05, 0) is 43.0 Å². The molecule has 0 aliphatic rings. The molecule has 0 heterocycles. The number of aryl methyl sites for hydroxylation is 1. The third-order valence-electron chi connectivity index (χ3n) is 3.46. The van der Waals surface area contributed by atoms with E-state index in [2.05, 4.69) is 0 Å². The number of rotatable bonds is 6. The molecule has 4 nitrogen and oxygen atoms in total. The standard InChI is InChI=1S/C14H23ClN2O2S.ClH/c1-10(2)13(16)7-8-17(4)20(18,19)14-6-5-12(15)9-11(14)3;/h5-6,9-10,13H,7-8,16H2,1-4H3;1H. The van der Waals surface area contributed by atoms with Crippen molar-refractivity contribution in [3.05, 3.63) is 28.8 Å². The summed E-state index contributed by atoms with van der Waals surface area (Å²) in [6, 6.07) is 4.79. The molecular weight excluding hydrogens is 331 g/mol. The van der Waals surface area contributed by atoms with Crippen LogP contribution in [-0.2, 0) is 10.0 Å². The summed E-state index contributed by atoms with van der Waals surface area (Å²) in [7, 11) is -1.91. The van der Waals surface area contributed by atoms with Gasteiger partial charge < -0.3 is 5.73 Å². The van der Waals surface area contributed by atoms with Crippen molar-refractivity contribution in [2.45, 2.75) is 38.1 Å². The lowest BCUT2D eigenvalue weighted by molar-refractivity contribution is 0.397. The molecule has 0 amide bonds. The van der Waals surface area contributed by atoms with E-state index in [1.807, 2.05) is 13.8 Å². The van der Waals surface area contributed by atoms with Crippen molar-refractivity contribution in [1.29, 1.82) is 0 Å². The molecule has 7 heteroatoms. The highest BCUT2D eigenvalue weighted by Gasteiger charge is 2.23. The van der Waals surface area contributed by atoms with Crippen LogP contribution in [0.15, 0.2) is 23.1 Å². The summed E-state index contributed by atoms with van der Waals surface area (Å²) in [5, 5.41) is 0.533. The van der Waals surface area contributed by atoms with Crippen molar-refractivity contribution < 1.29 is 8.42 Å². The van der Waals surface area contributed by atoms with Crippen LogP contribution in [0.5, 0.6) is 0 Å². The first-order chi connectivity index (χ1) is 9.16. The minimum absolute atomic E-state index is 0. The summed E-state index contributed by atoms with van der Waals surface area (Å²) < 4.78 is 26.3. The molecule has 21 heavy (non-hydrogen) atoms. The maximum absolute atomic E-state index is 12.5. The molecule has 0 fully saturated rings. The smallest absolute Gasteiger partial charge is 0.243 e. The van der Waals surface area contributed by atoms with Gasteiger partial charge in [0.1, 0.15) is 0 Å². The maximum atomic E-state index is 12.5. The molecule has 0 bridgehead atoms. The van der Waals surface area contributed by atoms with Gasteiger partial charge in [0.2, 0.25) is 10.0 Å². The van der Waals surface area contributed by atoms with Crippen molar-refractivity contribution in [2.75, 3.05) is 13.6 Å². The number of halogens is 2. The molecule has 0 saturated carbocycles. The van der Waals surface area contributed by atoms with Crippen LogP contribution in [0.2, 0.25) is 5.02 Å². The van der Waals surface area contributed by atoms with E-state index in [9.17, 15) is 8.42 Å². The van der Waals surface area contributed by atoms with Gasteiger partial charge >= 0.3 is 0 Å². The lowest BCUT2D eigenvalue weighted by Crippen LogP contribution is -2.34. The first-order valence-electron chi connectivity index (χ1n) is 6.64. The van der Waals surface area contributed by atoms with E-state index in [4.69, 9.17) is 17.3 Å². The Kier molecular flexibility index (Phi) is 8.21. The van der Waals surface area contributed by atoms with Crippen molar-refractivity contribution in [3.8, 4) is 0 Å². The molecule has 0 radical (unpaired) electrons. The number of nitrogens with zero attached hydrogens (tertiary/aromatic N) is 1. The van der Waals surface area contributed by atoms with E-state index in [-0.39, 0.29) is 18.4 Å². The van der Waals surface area contributed by atoms with Crippen LogP contribution in [0.3, 0.4) is 0 Å². The Morgan fingerprint density at radius 1 is 1.33 bits per heavy atom. The molecule has 1 unspecified atom stereocenters. The van der Waals surface area contributed by atoms with Gasteiger partial charge in [-0.3, -0.25) is 0 Å². The monoisotopic (exact) mass is 354 g/mol. The third kappa shape index (κ3) is 5.42. The number of hydrogen-bond donors (Lipinski definition) is 1. The second-order valence-electron chi connectivity index (χ2n) is 5.43. The van der Waals surface area contributed by atoms with Gasteiger partial charge in [-0.25, -0.2) is 12.7 Å². The first-order valence-corrected chi connectivity index (χ1v) is 8.46. The highest BCUT2D eigenvalue weighted by Crippen LogP contribution is 2.22. The van der Waals surface area contributed by atoms with Crippen LogP contribution in [0, 0.1) is 12.8 Å². The summed E-state index contributed by atoms with van der Waals surface area (Å²) >= 11 is 5.86. The quantitative estimate of drug-likeness (QED) is 0.853. The minimum atomic E-state index is -3.49. The number of benzene rings is 1. The lowest BCUT2D eigenvalue weighted by Gasteiger charge is -2.22. The zero-order chi connectivity index (χ0) is 15.5. The Hall–Kier alpha value is -0.330. The van der Waals surface area contributed by atoms with Gasteiger partial charge in [0.05, 0.1) is 4.90 Å². The fraction of sp³-hybridized carbons (Fsp3) is 0.571. The van der Waals surface area contributed by atoms with Crippen molar-refractivity contribution in [1.82, 2.24) is 4.31 Å². The first kappa shape index (κ1) is 20.7. The Morgan fingerprint density at radius 3 is 2.38 bits per heavy atom. The van der Waals surface area contributed by atoms with Gasteiger partial charge in [0, 0.05) is 24.7 Å². The zero-order valence-corrected chi connectivity index (χ0v) is 15.2. The van der Waals surface area contributed by atoms with E-state index in [1.165, 1.54) is 4.31 Å². The molecular formula is C14H24Cl2N2O2S. The molecule has 0 spiro atoms.